The number of ether oxygens (including phenoxy) is 1. The number of aromatic nitrogens is 2. The van der Waals surface area contributed by atoms with E-state index in [0.717, 1.165) is 11.3 Å². The van der Waals surface area contributed by atoms with E-state index in [0.29, 0.717) is 39.3 Å². The fraction of sp³-hybridized carbons (Fsp3) is 0.182. The number of furan rings is 1. The molecule has 152 valence electrons. The van der Waals surface area contributed by atoms with Crippen molar-refractivity contribution in [3.63, 3.8) is 0 Å². The van der Waals surface area contributed by atoms with E-state index in [1.807, 2.05) is 19.9 Å². The summed E-state index contributed by atoms with van der Waals surface area (Å²) in [5.74, 6) is 0.646. The van der Waals surface area contributed by atoms with Crippen LogP contribution in [0.4, 0.5) is 5.69 Å². The summed E-state index contributed by atoms with van der Waals surface area (Å²) in [6, 6.07) is 9.98. The van der Waals surface area contributed by atoms with E-state index in [9.17, 15) is 9.59 Å². The molecule has 1 N–H and O–H groups in total. The number of benzene rings is 1. The number of nitrogens with zero attached hydrogens (tertiary/aromatic N) is 2. The van der Waals surface area contributed by atoms with E-state index in [4.69, 9.17) is 8.94 Å². The van der Waals surface area contributed by atoms with Gasteiger partial charge in [0.25, 0.3) is 11.6 Å². The number of anilines is 1. The number of amides is 1. The van der Waals surface area contributed by atoms with Gasteiger partial charge in [0.2, 0.25) is 0 Å². The topological polar surface area (TPSA) is 107 Å². The Balaban J connectivity index is 1.73. The minimum absolute atomic E-state index is 0.273. The minimum atomic E-state index is -0.445. The van der Waals surface area contributed by atoms with E-state index < -0.39 is 5.97 Å². The van der Waals surface area contributed by atoms with Crippen molar-refractivity contribution in [3.05, 3.63) is 64.7 Å². The summed E-state index contributed by atoms with van der Waals surface area (Å²) < 4.78 is 15.6. The molecule has 0 unspecified atom stereocenters. The molecule has 0 aliphatic rings. The van der Waals surface area contributed by atoms with Crippen molar-refractivity contribution < 1.29 is 23.3 Å². The number of carbonyl (C=O) groups excluding carboxylic acids is 2. The van der Waals surface area contributed by atoms with Gasteiger partial charge in [-0.05, 0) is 57.2 Å². The van der Waals surface area contributed by atoms with Crippen molar-refractivity contribution in [3.8, 4) is 11.3 Å². The summed E-state index contributed by atoms with van der Waals surface area (Å²) in [7, 11) is 1.31. The summed E-state index contributed by atoms with van der Waals surface area (Å²) >= 11 is 0. The van der Waals surface area contributed by atoms with Crippen molar-refractivity contribution in [1.29, 1.82) is 0 Å². The zero-order valence-corrected chi connectivity index (χ0v) is 16.9. The molecule has 0 aliphatic carbocycles. The maximum Gasteiger partial charge on any atom is 0.337 e. The number of fused-ring (bicyclic) bond motifs is 1. The lowest BCUT2D eigenvalue weighted by Crippen LogP contribution is -2.13. The standard InChI is InChI=1S/C22H19N3O5/c1-11-9-16(13(3)29-11)18-10-17(19-12(2)25-30-21(19)24-18)20(26)23-15-7-5-14(6-8-15)22(27)28-4/h5-10H,1-4H3,(H,23,26). The smallest absolute Gasteiger partial charge is 0.337 e. The predicted octanol–water partition coefficient (Wildman–Crippen LogP) is 4.45. The van der Waals surface area contributed by atoms with Crippen LogP contribution in [-0.2, 0) is 4.74 Å². The number of hydrogen-bond acceptors (Lipinski definition) is 7. The van der Waals surface area contributed by atoms with E-state index in [1.54, 1.807) is 37.3 Å². The SMILES string of the molecule is COC(=O)c1ccc(NC(=O)c2cc(-c3cc(C)oc3C)nc3onc(C)c23)cc1. The average molecular weight is 405 g/mol. The van der Waals surface area contributed by atoms with Gasteiger partial charge in [-0.25, -0.2) is 9.78 Å². The quantitative estimate of drug-likeness (QED) is 0.500. The maximum atomic E-state index is 13.1. The van der Waals surface area contributed by atoms with Gasteiger partial charge in [-0.2, -0.15) is 0 Å². The van der Waals surface area contributed by atoms with Crippen molar-refractivity contribution in [2.75, 3.05) is 12.4 Å². The van der Waals surface area contributed by atoms with Crippen LogP contribution in [0.5, 0.6) is 0 Å². The molecule has 0 bridgehead atoms. The van der Waals surface area contributed by atoms with Gasteiger partial charge in [0.05, 0.1) is 35.0 Å². The van der Waals surface area contributed by atoms with Gasteiger partial charge >= 0.3 is 5.97 Å². The molecule has 0 saturated heterocycles. The fourth-order valence-electron chi connectivity index (χ4n) is 3.30. The number of carbonyl (C=O) groups is 2. The van der Waals surface area contributed by atoms with Gasteiger partial charge < -0.3 is 19.0 Å². The lowest BCUT2D eigenvalue weighted by molar-refractivity contribution is 0.0600. The summed E-state index contributed by atoms with van der Waals surface area (Å²) in [6.07, 6.45) is 0. The van der Waals surface area contributed by atoms with Gasteiger partial charge in [-0.15, -0.1) is 0 Å². The highest BCUT2D eigenvalue weighted by Crippen LogP contribution is 2.30. The molecule has 0 saturated carbocycles. The highest BCUT2D eigenvalue weighted by atomic mass is 16.5. The Bertz CT molecular complexity index is 1270. The second-order valence-corrected chi connectivity index (χ2v) is 6.85. The van der Waals surface area contributed by atoms with Gasteiger partial charge in [0.15, 0.2) is 0 Å². The Hall–Kier alpha value is -3.94. The monoisotopic (exact) mass is 405 g/mol. The zero-order chi connectivity index (χ0) is 21.4. The van der Waals surface area contributed by atoms with Crippen LogP contribution in [0.3, 0.4) is 0 Å². The number of nitrogens with one attached hydrogen (secondary N) is 1. The van der Waals surface area contributed by atoms with E-state index in [-0.39, 0.29) is 11.6 Å². The first-order valence-electron chi connectivity index (χ1n) is 9.21. The number of hydrogen-bond donors (Lipinski definition) is 1. The summed E-state index contributed by atoms with van der Waals surface area (Å²) in [5, 5.41) is 7.34. The third-order valence-electron chi connectivity index (χ3n) is 4.74. The Morgan fingerprint density at radius 2 is 1.80 bits per heavy atom. The molecule has 1 aromatic carbocycles. The van der Waals surface area contributed by atoms with Crippen molar-refractivity contribution in [2.45, 2.75) is 20.8 Å². The molecule has 8 nitrogen and oxygen atoms in total. The Kier molecular flexibility index (Phi) is 4.83. The van der Waals surface area contributed by atoms with Crippen LogP contribution < -0.4 is 5.32 Å². The zero-order valence-electron chi connectivity index (χ0n) is 16.9. The summed E-state index contributed by atoms with van der Waals surface area (Å²) in [5.41, 5.74) is 3.47. The summed E-state index contributed by atoms with van der Waals surface area (Å²) in [6.45, 7) is 5.43. The summed E-state index contributed by atoms with van der Waals surface area (Å²) in [4.78, 5) is 29.2. The molecule has 4 aromatic rings. The molecule has 0 radical (unpaired) electrons. The lowest BCUT2D eigenvalue weighted by Gasteiger charge is -2.08. The number of methoxy groups -OCH3 is 1. The molecule has 3 heterocycles. The first-order valence-corrected chi connectivity index (χ1v) is 9.21. The van der Waals surface area contributed by atoms with Crippen LogP contribution in [0.1, 0.15) is 37.9 Å². The van der Waals surface area contributed by atoms with Crippen molar-refractivity contribution in [1.82, 2.24) is 10.1 Å². The normalized spacial score (nSPS) is 10.9. The number of pyridine rings is 1. The second kappa shape index (κ2) is 7.47. The van der Waals surface area contributed by atoms with Crippen LogP contribution in [-0.4, -0.2) is 29.1 Å². The molecule has 0 aliphatic heterocycles. The third kappa shape index (κ3) is 3.43. The largest absolute Gasteiger partial charge is 0.466 e. The van der Waals surface area contributed by atoms with Crippen LogP contribution in [0.15, 0.2) is 45.3 Å². The molecule has 0 spiro atoms. The predicted molar refractivity (Wildman–Crippen MR) is 109 cm³/mol. The Labute approximate surface area is 171 Å². The molecule has 8 heteroatoms. The minimum Gasteiger partial charge on any atom is -0.466 e. The molecule has 3 aromatic heterocycles. The van der Waals surface area contributed by atoms with E-state index in [1.165, 1.54) is 7.11 Å². The van der Waals surface area contributed by atoms with Crippen LogP contribution in [0.2, 0.25) is 0 Å². The molecule has 0 atom stereocenters. The fourth-order valence-corrected chi connectivity index (χ4v) is 3.30. The number of rotatable bonds is 4. The first kappa shape index (κ1) is 19.4. The van der Waals surface area contributed by atoms with Crippen LogP contribution >= 0.6 is 0 Å². The van der Waals surface area contributed by atoms with Crippen LogP contribution in [0, 0.1) is 20.8 Å². The molecular formula is C22H19N3O5. The van der Waals surface area contributed by atoms with Gasteiger partial charge in [0, 0.05) is 11.3 Å². The molecule has 4 rings (SSSR count). The van der Waals surface area contributed by atoms with Gasteiger partial charge in [-0.3, -0.25) is 4.79 Å². The molecule has 30 heavy (non-hydrogen) atoms. The van der Waals surface area contributed by atoms with Gasteiger partial charge in [-0.1, -0.05) is 5.16 Å². The van der Waals surface area contributed by atoms with E-state index in [2.05, 4.69) is 20.2 Å². The van der Waals surface area contributed by atoms with Crippen molar-refractivity contribution >= 4 is 28.7 Å². The number of aryl methyl sites for hydroxylation is 3. The molecule has 0 fully saturated rings. The average Bonchev–Trinajstić information content (AvgIpc) is 3.28. The first-order chi connectivity index (χ1) is 14.4. The Morgan fingerprint density at radius 1 is 1.07 bits per heavy atom. The number of esters is 1. The van der Waals surface area contributed by atoms with Crippen LogP contribution in [0.25, 0.3) is 22.4 Å². The van der Waals surface area contributed by atoms with Crippen molar-refractivity contribution in [2.24, 2.45) is 0 Å². The van der Waals surface area contributed by atoms with Gasteiger partial charge in [0.1, 0.15) is 11.5 Å². The molecule has 1 amide bonds. The Morgan fingerprint density at radius 3 is 2.43 bits per heavy atom. The highest BCUT2D eigenvalue weighted by Gasteiger charge is 2.21. The second-order valence-electron chi connectivity index (χ2n) is 6.85. The maximum absolute atomic E-state index is 13.1. The lowest BCUT2D eigenvalue weighted by atomic mass is 10.1. The van der Waals surface area contributed by atoms with E-state index >= 15 is 0 Å². The molecular weight excluding hydrogens is 386 g/mol. The highest BCUT2D eigenvalue weighted by molar-refractivity contribution is 6.13. The third-order valence-corrected chi connectivity index (χ3v) is 4.74.